The van der Waals surface area contributed by atoms with Gasteiger partial charge in [-0.25, -0.2) is 0 Å². The molecule has 1 spiro atoms. The van der Waals surface area contributed by atoms with Gasteiger partial charge < -0.3 is 4.74 Å². The zero-order chi connectivity index (χ0) is 19.4. The molecule has 2 heteroatoms. The van der Waals surface area contributed by atoms with E-state index in [0.29, 0.717) is 0 Å². The molecule has 0 bridgehead atoms. The Morgan fingerprint density at radius 2 is 1.10 bits per heavy atom. The van der Waals surface area contributed by atoms with E-state index in [1.165, 1.54) is 33.4 Å². The topological polar surface area (TPSA) is 9.23 Å². The molecule has 6 rings (SSSR count). The number of benzene rings is 4. The maximum absolute atomic E-state index is 6.37. The van der Waals surface area contributed by atoms with Gasteiger partial charge in [0.25, 0.3) is 0 Å². The molecule has 29 heavy (non-hydrogen) atoms. The number of para-hydroxylation sites is 2. The van der Waals surface area contributed by atoms with Gasteiger partial charge in [-0.3, -0.25) is 0 Å². The van der Waals surface area contributed by atoms with Crippen LogP contribution >= 0.6 is 15.9 Å². The van der Waals surface area contributed by atoms with Crippen molar-refractivity contribution in [1.29, 1.82) is 0 Å². The fourth-order valence-corrected chi connectivity index (χ4v) is 5.24. The summed E-state index contributed by atoms with van der Waals surface area (Å²) in [7, 11) is 0. The van der Waals surface area contributed by atoms with Crippen molar-refractivity contribution in [2.24, 2.45) is 0 Å². The zero-order valence-electron chi connectivity index (χ0n) is 15.6. The molecule has 0 amide bonds. The SMILES string of the molecule is Brc1ccc2c(c1)C1(c3ccccc3C=C2)c2ccccc2Oc2ccccc21. The smallest absolute Gasteiger partial charge is 0.132 e. The fraction of sp³-hybridized carbons (Fsp3) is 0.0370. The van der Waals surface area contributed by atoms with Gasteiger partial charge >= 0.3 is 0 Å². The van der Waals surface area contributed by atoms with E-state index in [9.17, 15) is 0 Å². The van der Waals surface area contributed by atoms with E-state index in [-0.39, 0.29) is 0 Å². The van der Waals surface area contributed by atoms with E-state index < -0.39 is 5.41 Å². The number of rotatable bonds is 0. The standard InChI is InChI=1S/C27H17BrO/c28-20-16-15-19-14-13-18-7-1-2-8-21(18)27(24(19)17-20)22-9-3-5-11-25(22)29-26-12-6-4-10-23(26)27/h1-17H. The van der Waals surface area contributed by atoms with Crippen molar-refractivity contribution < 1.29 is 4.74 Å². The second kappa shape index (κ2) is 6.20. The van der Waals surface area contributed by atoms with Crippen molar-refractivity contribution in [2.75, 3.05) is 0 Å². The molecule has 2 aliphatic rings. The van der Waals surface area contributed by atoms with E-state index in [1.807, 2.05) is 12.1 Å². The summed E-state index contributed by atoms with van der Waals surface area (Å²) in [5.41, 5.74) is 6.88. The highest BCUT2D eigenvalue weighted by Gasteiger charge is 2.47. The Balaban J connectivity index is 1.88. The third-order valence-electron chi connectivity index (χ3n) is 6.03. The summed E-state index contributed by atoms with van der Waals surface area (Å²) >= 11 is 3.73. The molecule has 138 valence electrons. The molecule has 0 fully saturated rings. The molecular weight excluding hydrogens is 420 g/mol. The average Bonchev–Trinajstić information content (AvgIpc) is 2.90. The largest absolute Gasteiger partial charge is 0.457 e. The van der Waals surface area contributed by atoms with Crippen molar-refractivity contribution in [3.05, 3.63) is 129 Å². The minimum absolute atomic E-state index is 0.454. The molecule has 1 nitrogen and oxygen atoms in total. The van der Waals surface area contributed by atoms with Crippen molar-refractivity contribution >= 4 is 28.1 Å². The molecule has 0 radical (unpaired) electrons. The minimum atomic E-state index is -0.454. The molecule has 1 aliphatic heterocycles. The van der Waals surface area contributed by atoms with E-state index in [2.05, 4.69) is 107 Å². The summed E-state index contributed by atoms with van der Waals surface area (Å²) in [5, 5.41) is 0. The van der Waals surface area contributed by atoms with Crippen LogP contribution in [0.1, 0.15) is 33.4 Å². The lowest BCUT2D eigenvalue weighted by molar-refractivity contribution is 0.434. The Morgan fingerprint density at radius 3 is 1.79 bits per heavy atom. The fourth-order valence-electron chi connectivity index (χ4n) is 4.88. The van der Waals surface area contributed by atoms with Crippen molar-refractivity contribution in [3.63, 3.8) is 0 Å². The lowest BCUT2D eigenvalue weighted by Gasteiger charge is -2.42. The minimum Gasteiger partial charge on any atom is -0.457 e. The normalized spacial score (nSPS) is 14.8. The van der Waals surface area contributed by atoms with Crippen molar-refractivity contribution in [2.45, 2.75) is 5.41 Å². The molecule has 0 aromatic heterocycles. The monoisotopic (exact) mass is 436 g/mol. The summed E-state index contributed by atoms with van der Waals surface area (Å²) in [6.07, 6.45) is 4.47. The lowest BCUT2D eigenvalue weighted by Crippen LogP contribution is -2.35. The van der Waals surface area contributed by atoms with Gasteiger partial charge in [-0.1, -0.05) is 94.8 Å². The summed E-state index contributed by atoms with van der Waals surface area (Å²) in [5.74, 6) is 1.82. The Bertz CT molecular complexity index is 1260. The van der Waals surface area contributed by atoms with Crippen LogP contribution < -0.4 is 4.74 Å². The first-order chi connectivity index (χ1) is 14.3. The highest BCUT2D eigenvalue weighted by molar-refractivity contribution is 9.10. The molecule has 4 aromatic rings. The average molecular weight is 437 g/mol. The lowest BCUT2D eigenvalue weighted by atomic mass is 9.62. The highest BCUT2D eigenvalue weighted by atomic mass is 79.9. The summed E-state index contributed by atoms with van der Waals surface area (Å²) in [6, 6.07) is 32.2. The van der Waals surface area contributed by atoms with Gasteiger partial charge in [0.05, 0.1) is 5.41 Å². The zero-order valence-corrected chi connectivity index (χ0v) is 17.2. The van der Waals surface area contributed by atoms with Crippen LogP contribution in [0.5, 0.6) is 11.5 Å². The van der Waals surface area contributed by atoms with Gasteiger partial charge in [0, 0.05) is 15.6 Å². The summed E-state index contributed by atoms with van der Waals surface area (Å²) in [4.78, 5) is 0. The van der Waals surface area contributed by atoms with Gasteiger partial charge in [-0.15, -0.1) is 0 Å². The van der Waals surface area contributed by atoms with Crippen LogP contribution in [0, 0.1) is 0 Å². The van der Waals surface area contributed by atoms with Crippen LogP contribution in [0.3, 0.4) is 0 Å². The molecule has 0 unspecified atom stereocenters. The van der Waals surface area contributed by atoms with Crippen LogP contribution in [-0.2, 0) is 5.41 Å². The molecule has 1 aliphatic carbocycles. The van der Waals surface area contributed by atoms with Crippen LogP contribution in [0.2, 0.25) is 0 Å². The van der Waals surface area contributed by atoms with Crippen molar-refractivity contribution in [1.82, 2.24) is 0 Å². The molecule has 0 atom stereocenters. The van der Waals surface area contributed by atoms with Crippen LogP contribution in [0.15, 0.2) is 95.5 Å². The number of halogens is 1. The van der Waals surface area contributed by atoms with Crippen LogP contribution in [0.25, 0.3) is 12.2 Å². The third kappa shape index (κ3) is 2.27. The highest BCUT2D eigenvalue weighted by Crippen LogP contribution is 2.57. The number of hydrogen-bond donors (Lipinski definition) is 0. The number of fused-ring (bicyclic) bond motifs is 8. The second-order valence-corrected chi connectivity index (χ2v) is 8.41. The first-order valence-electron chi connectivity index (χ1n) is 9.73. The van der Waals surface area contributed by atoms with Crippen LogP contribution in [-0.4, -0.2) is 0 Å². The van der Waals surface area contributed by atoms with Gasteiger partial charge in [-0.05, 0) is 46.5 Å². The summed E-state index contributed by atoms with van der Waals surface area (Å²) < 4.78 is 7.45. The van der Waals surface area contributed by atoms with E-state index in [0.717, 1.165) is 16.0 Å². The molecular formula is C27H17BrO. The Kier molecular flexibility index (Phi) is 3.60. The summed E-state index contributed by atoms with van der Waals surface area (Å²) in [6.45, 7) is 0. The van der Waals surface area contributed by atoms with Gasteiger partial charge in [0.2, 0.25) is 0 Å². The van der Waals surface area contributed by atoms with Crippen molar-refractivity contribution in [3.8, 4) is 11.5 Å². The van der Waals surface area contributed by atoms with E-state index in [1.54, 1.807) is 0 Å². The van der Waals surface area contributed by atoms with Gasteiger partial charge in [0.1, 0.15) is 11.5 Å². The Morgan fingerprint density at radius 1 is 0.552 bits per heavy atom. The van der Waals surface area contributed by atoms with E-state index in [4.69, 9.17) is 4.74 Å². The van der Waals surface area contributed by atoms with E-state index >= 15 is 0 Å². The maximum Gasteiger partial charge on any atom is 0.132 e. The van der Waals surface area contributed by atoms with Crippen LogP contribution in [0.4, 0.5) is 0 Å². The second-order valence-electron chi connectivity index (χ2n) is 7.50. The predicted molar refractivity (Wildman–Crippen MR) is 121 cm³/mol. The number of hydrogen-bond acceptors (Lipinski definition) is 1. The van der Waals surface area contributed by atoms with Gasteiger partial charge in [-0.2, -0.15) is 0 Å². The first-order valence-corrected chi connectivity index (χ1v) is 10.5. The molecule has 1 heterocycles. The molecule has 0 saturated heterocycles. The molecule has 4 aromatic carbocycles. The maximum atomic E-state index is 6.37. The Labute approximate surface area is 178 Å². The van der Waals surface area contributed by atoms with Gasteiger partial charge in [0.15, 0.2) is 0 Å². The third-order valence-corrected chi connectivity index (χ3v) is 6.52. The molecule has 0 N–H and O–H groups in total. The first kappa shape index (κ1) is 16.8. The number of ether oxygens (including phenoxy) is 1. The molecule has 0 saturated carbocycles. The Hall–Kier alpha value is -3.10. The predicted octanol–water partition coefficient (Wildman–Crippen LogP) is 7.42. The quantitative estimate of drug-likeness (QED) is 0.240.